The molecule has 0 aromatic heterocycles. The van der Waals surface area contributed by atoms with Crippen molar-refractivity contribution in [2.45, 2.75) is 0 Å². The van der Waals surface area contributed by atoms with Crippen molar-refractivity contribution >= 4 is 46.7 Å². The maximum atomic E-state index is 9.68. The predicted octanol–water partition coefficient (Wildman–Crippen LogP) is 2.47. The zero-order valence-electron chi connectivity index (χ0n) is 9.24. The summed E-state index contributed by atoms with van der Waals surface area (Å²) in [4.78, 5) is 0. The van der Waals surface area contributed by atoms with Crippen LogP contribution in [0.2, 0.25) is 10.0 Å². The Morgan fingerprint density at radius 1 is 1.53 bits per heavy atom. The Kier molecular flexibility index (Phi) is 4.99. The summed E-state index contributed by atoms with van der Waals surface area (Å²) in [5.41, 5.74) is 0.424. The molecule has 0 spiro atoms. The molecule has 0 bridgehead atoms. The zero-order valence-corrected chi connectivity index (χ0v) is 11.6. The molecule has 0 aliphatic carbocycles. The smallest absolute Gasteiger partial charge is 0.189 e. The molecule has 0 radical (unpaired) electrons. The first-order chi connectivity index (χ1) is 7.95. The van der Waals surface area contributed by atoms with Crippen molar-refractivity contribution in [3.8, 4) is 5.75 Å². The second-order valence-electron chi connectivity index (χ2n) is 3.15. The molecule has 2 N–H and O–H groups in total. The molecule has 7 heteroatoms. The number of hydrogen-bond acceptors (Lipinski definition) is 3. The monoisotopic (exact) mass is 291 g/mol. The topological polar surface area (TPSA) is 47.9 Å². The number of nitrogens with zero attached hydrogens (tertiary/aromatic N) is 2. The fourth-order valence-electron chi connectivity index (χ4n) is 1.05. The van der Waals surface area contributed by atoms with Crippen LogP contribution in [0.1, 0.15) is 5.56 Å². The summed E-state index contributed by atoms with van der Waals surface area (Å²) >= 11 is 16.6. The average Bonchev–Trinajstić information content (AvgIpc) is 2.30. The fourth-order valence-corrected chi connectivity index (χ4v) is 1.60. The minimum Gasteiger partial charge on any atom is -0.506 e. The van der Waals surface area contributed by atoms with Gasteiger partial charge in [0, 0.05) is 24.7 Å². The van der Waals surface area contributed by atoms with Gasteiger partial charge < -0.3 is 10.4 Å². The van der Waals surface area contributed by atoms with Gasteiger partial charge in [0.15, 0.2) is 5.11 Å². The van der Waals surface area contributed by atoms with Crippen molar-refractivity contribution in [2.24, 2.45) is 5.10 Å². The van der Waals surface area contributed by atoms with Crippen LogP contribution < -0.4 is 5.32 Å². The molecule has 1 aromatic carbocycles. The predicted molar refractivity (Wildman–Crippen MR) is 75.1 cm³/mol. The van der Waals surface area contributed by atoms with Crippen LogP contribution in [0, 0.1) is 0 Å². The van der Waals surface area contributed by atoms with Gasteiger partial charge >= 0.3 is 0 Å². The Hall–Kier alpha value is -1.04. The van der Waals surface area contributed by atoms with E-state index in [2.05, 4.69) is 10.4 Å². The van der Waals surface area contributed by atoms with Crippen molar-refractivity contribution in [3.63, 3.8) is 0 Å². The number of rotatable bonds is 2. The molecular formula is C10H11Cl2N3OS. The van der Waals surface area contributed by atoms with Crippen LogP contribution in [0.5, 0.6) is 5.75 Å². The van der Waals surface area contributed by atoms with Crippen molar-refractivity contribution in [1.29, 1.82) is 0 Å². The van der Waals surface area contributed by atoms with E-state index < -0.39 is 0 Å². The van der Waals surface area contributed by atoms with Gasteiger partial charge in [-0.2, -0.15) is 5.10 Å². The first kappa shape index (κ1) is 14.0. The third kappa shape index (κ3) is 3.73. The molecule has 0 fully saturated rings. The number of nitrogens with one attached hydrogen (secondary N) is 1. The van der Waals surface area contributed by atoms with Crippen molar-refractivity contribution in [1.82, 2.24) is 10.3 Å². The van der Waals surface area contributed by atoms with Crippen LogP contribution in [0.25, 0.3) is 0 Å². The highest BCUT2D eigenvalue weighted by Crippen LogP contribution is 2.29. The first-order valence-corrected chi connectivity index (χ1v) is 5.79. The number of aromatic hydroxyl groups is 1. The Morgan fingerprint density at radius 2 is 2.18 bits per heavy atom. The quantitative estimate of drug-likeness (QED) is 0.499. The molecule has 0 unspecified atom stereocenters. The van der Waals surface area contributed by atoms with Crippen LogP contribution in [-0.4, -0.2) is 35.5 Å². The van der Waals surface area contributed by atoms with E-state index in [-0.39, 0.29) is 10.8 Å². The molecule has 17 heavy (non-hydrogen) atoms. The number of phenolic OH excluding ortho intramolecular Hbond substituents is 1. The third-order valence-electron chi connectivity index (χ3n) is 1.94. The Labute approximate surface area is 115 Å². The molecular weight excluding hydrogens is 281 g/mol. The van der Waals surface area contributed by atoms with E-state index >= 15 is 0 Å². The summed E-state index contributed by atoms with van der Waals surface area (Å²) in [6, 6.07) is 3.01. The highest BCUT2D eigenvalue weighted by molar-refractivity contribution is 7.80. The van der Waals surface area contributed by atoms with E-state index in [1.54, 1.807) is 20.2 Å². The number of hydrogen-bond donors (Lipinski definition) is 2. The standard InChI is InChI=1S/C10H11Cl2N3OS/c1-13-10(17)15(2)14-5-6-3-7(11)4-8(12)9(6)16/h3-5,16H,1-2H3,(H,13,17)/b14-5-. The van der Waals surface area contributed by atoms with Gasteiger partial charge in [0.1, 0.15) is 5.75 Å². The summed E-state index contributed by atoms with van der Waals surface area (Å²) in [6.07, 6.45) is 1.43. The number of thiocarbonyl (C=S) groups is 1. The van der Waals surface area contributed by atoms with E-state index in [0.717, 1.165) is 0 Å². The van der Waals surface area contributed by atoms with Gasteiger partial charge in [-0.15, -0.1) is 0 Å². The Balaban J connectivity index is 2.95. The molecule has 1 aromatic rings. The van der Waals surface area contributed by atoms with E-state index in [0.29, 0.717) is 15.7 Å². The lowest BCUT2D eigenvalue weighted by atomic mass is 10.2. The van der Waals surface area contributed by atoms with E-state index in [1.807, 2.05) is 0 Å². The SMILES string of the molecule is CNC(=S)N(C)/N=C\c1cc(Cl)cc(Cl)c1O. The molecule has 0 atom stereocenters. The highest BCUT2D eigenvalue weighted by atomic mass is 35.5. The number of benzene rings is 1. The average molecular weight is 292 g/mol. The Morgan fingerprint density at radius 3 is 2.76 bits per heavy atom. The van der Waals surface area contributed by atoms with Gasteiger partial charge in [-0.3, -0.25) is 0 Å². The van der Waals surface area contributed by atoms with E-state index in [1.165, 1.54) is 17.3 Å². The van der Waals surface area contributed by atoms with E-state index in [4.69, 9.17) is 35.4 Å². The Bertz CT molecular complexity index is 465. The molecule has 4 nitrogen and oxygen atoms in total. The maximum absolute atomic E-state index is 9.68. The van der Waals surface area contributed by atoms with Gasteiger partial charge in [0.25, 0.3) is 0 Å². The normalized spacial score (nSPS) is 10.6. The van der Waals surface area contributed by atoms with Crippen LogP contribution in [0.4, 0.5) is 0 Å². The second kappa shape index (κ2) is 6.05. The second-order valence-corrected chi connectivity index (χ2v) is 4.38. The van der Waals surface area contributed by atoms with Gasteiger partial charge in [-0.25, -0.2) is 5.01 Å². The van der Waals surface area contributed by atoms with E-state index in [9.17, 15) is 5.11 Å². The molecule has 0 aliphatic heterocycles. The first-order valence-electron chi connectivity index (χ1n) is 4.63. The van der Waals surface area contributed by atoms with Crippen molar-refractivity contribution in [2.75, 3.05) is 14.1 Å². The molecule has 92 valence electrons. The lowest BCUT2D eigenvalue weighted by Gasteiger charge is -2.12. The largest absolute Gasteiger partial charge is 0.506 e. The van der Waals surface area contributed by atoms with Crippen LogP contribution in [-0.2, 0) is 0 Å². The lowest BCUT2D eigenvalue weighted by molar-refractivity contribution is 0.474. The molecule has 0 saturated carbocycles. The van der Waals surface area contributed by atoms with Gasteiger partial charge in [-0.1, -0.05) is 23.2 Å². The van der Waals surface area contributed by atoms with Crippen LogP contribution in [0.15, 0.2) is 17.2 Å². The maximum Gasteiger partial charge on any atom is 0.189 e. The summed E-state index contributed by atoms with van der Waals surface area (Å²) in [6.45, 7) is 0. The summed E-state index contributed by atoms with van der Waals surface area (Å²) < 4.78 is 0. The van der Waals surface area contributed by atoms with Gasteiger partial charge in [0.05, 0.1) is 11.2 Å². The number of halogens is 2. The molecule has 1 rings (SSSR count). The summed E-state index contributed by atoms with van der Waals surface area (Å²) in [5, 5.41) is 19.0. The van der Waals surface area contributed by atoms with Crippen LogP contribution >= 0.6 is 35.4 Å². The number of phenols is 1. The van der Waals surface area contributed by atoms with Crippen molar-refractivity contribution in [3.05, 3.63) is 27.7 Å². The minimum atomic E-state index is -0.0661. The molecule has 0 amide bonds. The van der Waals surface area contributed by atoms with Gasteiger partial charge in [-0.05, 0) is 24.4 Å². The molecule has 0 aliphatic rings. The van der Waals surface area contributed by atoms with Gasteiger partial charge in [0.2, 0.25) is 0 Å². The number of hydrazone groups is 1. The minimum absolute atomic E-state index is 0.0661. The fraction of sp³-hybridized carbons (Fsp3) is 0.200. The lowest BCUT2D eigenvalue weighted by Crippen LogP contribution is -2.30. The van der Waals surface area contributed by atoms with Crippen LogP contribution in [0.3, 0.4) is 0 Å². The molecule has 0 heterocycles. The highest BCUT2D eigenvalue weighted by Gasteiger charge is 2.06. The molecule has 0 saturated heterocycles. The summed E-state index contributed by atoms with van der Waals surface area (Å²) in [5.74, 6) is -0.0661. The summed E-state index contributed by atoms with van der Waals surface area (Å²) in [7, 11) is 3.38. The van der Waals surface area contributed by atoms with Crippen molar-refractivity contribution < 1.29 is 5.11 Å². The zero-order chi connectivity index (χ0) is 13.0. The third-order valence-corrected chi connectivity index (χ3v) is 2.91.